The Morgan fingerprint density at radius 2 is 1.80 bits per heavy atom. The van der Waals surface area contributed by atoms with Gasteiger partial charge < -0.3 is 4.90 Å². The van der Waals surface area contributed by atoms with Gasteiger partial charge in [0.1, 0.15) is 5.52 Å². The van der Waals surface area contributed by atoms with Crippen LogP contribution in [0.4, 0.5) is 5.13 Å². The molecule has 3 rings (SSSR count). The van der Waals surface area contributed by atoms with E-state index in [0.717, 1.165) is 15.8 Å². The summed E-state index contributed by atoms with van der Waals surface area (Å²) in [5.74, 6) is -0.135. The summed E-state index contributed by atoms with van der Waals surface area (Å²) >= 11 is 1.33. The molecule has 3 aromatic rings. The molecule has 30 heavy (non-hydrogen) atoms. The number of hydrogen-bond acceptors (Lipinski definition) is 6. The number of hydrogen-bond donors (Lipinski definition) is 0. The standard InChI is InChI=1S/C21H25N3O3S2.ClH/c1-14-9-10-16(15(2)13-14)20(25)24(12-11-23(3)4)21-22-19-17(28-21)7-6-8-18(19)29(5,26)27;/h6-10,13H,11-12H2,1-5H3;1H. The average molecular weight is 468 g/mol. The second-order valence-electron chi connectivity index (χ2n) is 7.45. The van der Waals surface area contributed by atoms with Crippen LogP contribution in [0.3, 0.4) is 0 Å². The molecule has 0 N–H and O–H groups in total. The zero-order valence-corrected chi connectivity index (χ0v) is 20.1. The first kappa shape index (κ1) is 24.3. The van der Waals surface area contributed by atoms with Crippen molar-refractivity contribution >= 4 is 54.8 Å². The van der Waals surface area contributed by atoms with E-state index < -0.39 is 9.84 Å². The lowest BCUT2D eigenvalue weighted by Crippen LogP contribution is -2.37. The van der Waals surface area contributed by atoms with Crippen LogP contribution in [0.15, 0.2) is 41.3 Å². The molecular weight excluding hydrogens is 442 g/mol. The molecule has 6 nitrogen and oxygen atoms in total. The van der Waals surface area contributed by atoms with Gasteiger partial charge in [0.15, 0.2) is 15.0 Å². The molecule has 162 valence electrons. The molecule has 0 saturated heterocycles. The Morgan fingerprint density at radius 1 is 1.10 bits per heavy atom. The lowest BCUT2D eigenvalue weighted by atomic mass is 10.0. The summed E-state index contributed by atoms with van der Waals surface area (Å²) in [5.41, 5.74) is 3.04. The van der Waals surface area contributed by atoms with Gasteiger partial charge in [-0.3, -0.25) is 9.69 Å². The van der Waals surface area contributed by atoms with Gasteiger partial charge in [-0.15, -0.1) is 12.4 Å². The molecule has 0 saturated carbocycles. The molecule has 0 unspecified atom stereocenters. The van der Waals surface area contributed by atoms with Gasteiger partial charge in [-0.2, -0.15) is 0 Å². The number of likely N-dealkylation sites (N-methyl/N-ethyl adjacent to an activating group) is 1. The number of carbonyl (C=O) groups is 1. The molecule has 1 aromatic heterocycles. The Balaban J connectivity index is 0.00000320. The second-order valence-corrected chi connectivity index (χ2v) is 10.4. The van der Waals surface area contributed by atoms with Crippen LogP contribution >= 0.6 is 23.7 Å². The third-order valence-corrected chi connectivity index (χ3v) is 6.80. The van der Waals surface area contributed by atoms with Crippen molar-refractivity contribution in [3.05, 3.63) is 53.1 Å². The van der Waals surface area contributed by atoms with Crippen molar-refractivity contribution in [2.24, 2.45) is 0 Å². The number of aryl methyl sites for hydroxylation is 2. The predicted molar refractivity (Wildman–Crippen MR) is 126 cm³/mol. The fourth-order valence-corrected chi connectivity index (χ4v) is 5.02. The molecule has 0 spiro atoms. The summed E-state index contributed by atoms with van der Waals surface area (Å²) in [6, 6.07) is 10.8. The van der Waals surface area contributed by atoms with E-state index in [1.165, 1.54) is 17.6 Å². The van der Waals surface area contributed by atoms with E-state index in [4.69, 9.17) is 0 Å². The molecular formula is C21H26ClN3O3S2. The van der Waals surface area contributed by atoms with E-state index in [1.807, 2.05) is 57.1 Å². The highest BCUT2D eigenvalue weighted by Crippen LogP contribution is 2.33. The second kappa shape index (κ2) is 9.43. The smallest absolute Gasteiger partial charge is 0.260 e. The summed E-state index contributed by atoms with van der Waals surface area (Å²) in [6.07, 6.45) is 1.17. The number of amides is 1. The number of thiazole rings is 1. The van der Waals surface area contributed by atoms with Crippen LogP contribution in [0.1, 0.15) is 21.5 Å². The van der Waals surface area contributed by atoms with Gasteiger partial charge in [0.25, 0.3) is 5.91 Å². The maximum absolute atomic E-state index is 13.4. The Morgan fingerprint density at radius 3 is 2.40 bits per heavy atom. The van der Waals surface area contributed by atoms with E-state index in [9.17, 15) is 13.2 Å². The molecule has 0 atom stereocenters. The van der Waals surface area contributed by atoms with Gasteiger partial charge in [0, 0.05) is 24.9 Å². The fraction of sp³-hybridized carbons (Fsp3) is 0.333. The van der Waals surface area contributed by atoms with Crippen molar-refractivity contribution in [3.8, 4) is 0 Å². The number of sulfone groups is 1. The Labute approximate surface area is 187 Å². The number of halogens is 1. The first-order chi connectivity index (χ1) is 13.6. The van der Waals surface area contributed by atoms with E-state index in [0.29, 0.717) is 29.3 Å². The highest BCUT2D eigenvalue weighted by molar-refractivity contribution is 7.91. The van der Waals surface area contributed by atoms with Crippen LogP contribution in [0.25, 0.3) is 10.2 Å². The lowest BCUT2D eigenvalue weighted by molar-refractivity contribution is 0.0984. The summed E-state index contributed by atoms with van der Waals surface area (Å²) in [6.45, 7) is 5.02. The molecule has 1 amide bonds. The van der Waals surface area contributed by atoms with Crippen LogP contribution < -0.4 is 4.90 Å². The van der Waals surface area contributed by atoms with Crippen molar-refractivity contribution in [1.29, 1.82) is 0 Å². The third-order valence-electron chi connectivity index (χ3n) is 4.63. The van der Waals surface area contributed by atoms with E-state index >= 15 is 0 Å². The first-order valence-electron chi connectivity index (χ1n) is 9.21. The van der Waals surface area contributed by atoms with Crippen LogP contribution in [0.2, 0.25) is 0 Å². The number of para-hydroxylation sites is 1. The van der Waals surface area contributed by atoms with Crippen LogP contribution in [-0.2, 0) is 9.84 Å². The van der Waals surface area contributed by atoms with Crippen molar-refractivity contribution < 1.29 is 13.2 Å². The van der Waals surface area contributed by atoms with Crippen molar-refractivity contribution in [2.45, 2.75) is 18.7 Å². The van der Waals surface area contributed by atoms with Gasteiger partial charge in [-0.05, 0) is 51.7 Å². The number of anilines is 1. The predicted octanol–water partition coefficient (Wildman–Crippen LogP) is 3.95. The zero-order chi connectivity index (χ0) is 21.3. The topological polar surface area (TPSA) is 70.6 Å². The van der Waals surface area contributed by atoms with Crippen molar-refractivity contribution in [3.63, 3.8) is 0 Å². The van der Waals surface area contributed by atoms with Crippen molar-refractivity contribution in [2.75, 3.05) is 38.3 Å². The highest BCUT2D eigenvalue weighted by atomic mass is 35.5. The van der Waals surface area contributed by atoms with E-state index in [-0.39, 0.29) is 23.2 Å². The molecule has 0 aliphatic carbocycles. The van der Waals surface area contributed by atoms with Crippen molar-refractivity contribution in [1.82, 2.24) is 9.88 Å². The Hall–Kier alpha value is -2.00. The minimum Gasteiger partial charge on any atom is -0.308 e. The maximum Gasteiger partial charge on any atom is 0.260 e. The van der Waals surface area contributed by atoms with Gasteiger partial charge in [-0.25, -0.2) is 13.4 Å². The van der Waals surface area contributed by atoms with Crippen LogP contribution in [0.5, 0.6) is 0 Å². The molecule has 0 fully saturated rings. The molecule has 0 aliphatic heterocycles. The zero-order valence-electron chi connectivity index (χ0n) is 17.7. The number of aromatic nitrogens is 1. The van der Waals surface area contributed by atoms with Crippen LogP contribution in [0, 0.1) is 13.8 Å². The number of carbonyl (C=O) groups excluding carboxylic acids is 1. The van der Waals surface area contributed by atoms with Crippen LogP contribution in [-0.4, -0.2) is 57.6 Å². The fourth-order valence-electron chi connectivity index (χ4n) is 3.11. The number of fused-ring (bicyclic) bond motifs is 1. The Kier molecular flexibility index (Phi) is 7.63. The molecule has 2 aromatic carbocycles. The minimum atomic E-state index is -3.42. The summed E-state index contributed by atoms with van der Waals surface area (Å²) in [4.78, 5) is 21.8. The third kappa shape index (κ3) is 5.18. The van der Waals surface area contributed by atoms with Gasteiger partial charge in [0.05, 0.1) is 9.60 Å². The SMILES string of the molecule is Cc1ccc(C(=O)N(CCN(C)C)c2nc3c(S(C)(=O)=O)cccc3s2)c(C)c1.Cl. The molecule has 0 radical (unpaired) electrons. The summed E-state index contributed by atoms with van der Waals surface area (Å²) in [7, 11) is 0.470. The first-order valence-corrected chi connectivity index (χ1v) is 11.9. The minimum absolute atomic E-state index is 0. The number of nitrogens with zero attached hydrogens (tertiary/aromatic N) is 3. The lowest BCUT2D eigenvalue weighted by Gasteiger charge is -2.23. The molecule has 0 bridgehead atoms. The molecule has 0 aliphatic rings. The monoisotopic (exact) mass is 467 g/mol. The summed E-state index contributed by atoms with van der Waals surface area (Å²) in [5, 5.41) is 0.503. The normalized spacial score (nSPS) is 11.5. The van der Waals surface area contributed by atoms with Gasteiger partial charge in [0.2, 0.25) is 0 Å². The largest absolute Gasteiger partial charge is 0.308 e. The highest BCUT2D eigenvalue weighted by Gasteiger charge is 2.24. The summed E-state index contributed by atoms with van der Waals surface area (Å²) < 4.78 is 25.0. The quantitative estimate of drug-likeness (QED) is 0.549. The molecule has 1 heterocycles. The van der Waals surface area contributed by atoms with E-state index in [2.05, 4.69) is 4.98 Å². The number of benzene rings is 2. The van der Waals surface area contributed by atoms with Gasteiger partial charge in [-0.1, -0.05) is 35.1 Å². The van der Waals surface area contributed by atoms with Gasteiger partial charge >= 0.3 is 0 Å². The number of rotatable bonds is 6. The Bertz CT molecular complexity index is 1170. The van der Waals surface area contributed by atoms with E-state index in [1.54, 1.807) is 17.0 Å². The molecule has 9 heteroatoms. The average Bonchev–Trinajstić information content (AvgIpc) is 3.04. The maximum atomic E-state index is 13.4.